The van der Waals surface area contributed by atoms with Gasteiger partial charge in [0, 0.05) is 12.1 Å². The van der Waals surface area contributed by atoms with E-state index in [1.165, 1.54) is 0 Å². The minimum absolute atomic E-state index is 0.786. The van der Waals surface area contributed by atoms with Crippen LogP contribution in [0.4, 0.5) is 0 Å². The van der Waals surface area contributed by atoms with E-state index in [1.54, 1.807) is 6.26 Å². The number of halogens is 1. The van der Waals surface area contributed by atoms with Crippen LogP contribution in [0.25, 0.3) is 0 Å². The monoisotopic (exact) mass is 173 g/mol. The summed E-state index contributed by atoms with van der Waals surface area (Å²) in [6.45, 7) is 0. The summed E-state index contributed by atoms with van der Waals surface area (Å²) in [6.07, 6.45) is 1.66. The Morgan fingerprint density at radius 2 is 2.38 bits per heavy atom. The fourth-order valence-electron chi connectivity index (χ4n) is 0.450. The van der Waals surface area contributed by atoms with E-state index in [0.717, 1.165) is 11.1 Å². The predicted molar refractivity (Wildman–Crippen MR) is 35.7 cm³/mol. The van der Waals surface area contributed by atoms with E-state index in [-0.39, 0.29) is 0 Å². The fourth-order valence-corrected chi connectivity index (χ4v) is 0.769. The molecular weight excluding hydrogens is 168 g/mol. The van der Waals surface area contributed by atoms with Crippen molar-refractivity contribution < 1.29 is 4.42 Å². The van der Waals surface area contributed by atoms with E-state index in [4.69, 9.17) is 4.42 Å². The summed E-state index contributed by atoms with van der Waals surface area (Å²) in [5, 5.41) is 0.786. The minimum Gasteiger partial charge on any atom is -0.220 e. The van der Waals surface area contributed by atoms with Crippen LogP contribution in [0.3, 0.4) is 0 Å². The first-order chi connectivity index (χ1) is 3.93. The number of hydrogen-bond acceptors (Lipinski definition) is 0. The molecule has 1 nitrogen and oxygen atoms in total. The van der Waals surface area contributed by atoms with Crippen LogP contribution in [0, 0.1) is 0 Å². The zero-order valence-corrected chi connectivity index (χ0v) is 5.89. The summed E-state index contributed by atoms with van der Waals surface area (Å²) < 4.78 is 5.03. The van der Waals surface area contributed by atoms with Crippen LogP contribution in [0.5, 0.6) is 0 Å². The summed E-state index contributed by atoms with van der Waals surface area (Å²) in [7, 11) is 0. The van der Waals surface area contributed by atoms with Gasteiger partial charge < -0.3 is 0 Å². The molecule has 42 valence electrons. The molecule has 0 N–H and O–H groups in total. The molecule has 1 rings (SSSR count). The van der Waals surface area contributed by atoms with Gasteiger partial charge in [0.15, 0.2) is 0 Å². The second kappa shape index (κ2) is 2.82. The second-order valence-corrected chi connectivity index (χ2v) is 1.97. The zero-order valence-electron chi connectivity index (χ0n) is 4.30. The third kappa shape index (κ3) is 1.30. The van der Waals surface area contributed by atoms with Crippen LogP contribution < -0.4 is 0 Å². The van der Waals surface area contributed by atoms with Crippen molar-refractivity contribution in [2.45, 2.75) is 5.33 Å². The van der Waals surface area contributed by atoms with Crippen molar-refractivity contribution in [1.29, 1.82) is 0 Å². The van der Waals surface area contributed by atoms with Crippen molar-refractivity contribution in [2.75, 3.05) is 0 Å². The Kier molecular flexibility index (Phi) is 2.03. The fraction of sp³-hybridized carbons (Fsp3) is 0.167. The normalized spacial score (nSPS) is 9.12. The van der Waals surface area contributed by atoms with Crippen LogP contribution in [-0.4, -0.2) is 0 Å². The lowest BCUT2D eigenvalue weighted by atomic mass is 10.4. The van der Waals surface area contributed by atoms with Gasteiger partial charge in [0.25, 0.3) is 0 Å². The van der Waals surface area contributed by atoms with Gasteiger partial charge in [-0.2, -0.15) is 0 Å². The molecule has 2 heteroatoms. The highest BCUT2D eigenvalue weighted by Crippen LogP contribution is 2.02. The SMILES string of the molecule is BrCc1cccc[o+]1. The minimum atomic E-state index is 0.786. The lowest BCUT2D eigenvalue weighted by Crippen LogP contribution is -1.70. The zero-order chi connectivity index (χ0) is 5.82. The quantitative estimate of drug-likeness (QED) is 0.470. The van der Waals surface area contributed by atoms with E-state index in [2.05, 4.69) is 15.9 Å². The van der Waals surface area contributed by atoms with E-state index in [9.17, 15) is 0 Å². The molecule has 0 aliphatic carbocycles. The lowest BCUT2D eigenvalue weighted by molar-refractivity contribution is 0.513. The van der Waals surface area contributed by atoms with Gasteiger partial charge >= 0.3 is 12.0 Å². The summed E-state index contributed by atoms with van der Waals surface area (Å²) in [6, 6.07) is 5.72. The van der Waals surface area contributed by atoms with Gasteiger partial charge in [-0.05, 0) is 6.07 Å². The molecule has 1 aromatic rings. The first-order valence-corrected chi connectivity index (χ1v) is 3.47. The average Bonchev–Trinajstić information content (AvgIpc) is 1.90. The van der Waals surface area contributed by atoms with Crippen molar-refractivity contribution in [3.05, 3.63) is 30.2 Å². The Labute approximate surface area is 56.5 Å². The molecule has 0 saturated heterocycles. The van der Waals surface area contributed by atoms with Crippen LogP contribution in [0.15, 0.2) is 28.9 Å². The van der Waals surface area contributed by atoms with Crippen molar-refractivity contribution in [3.63, 3.8) is 0 Å². The van der Waals surface area contributed by atoms with Crippen molar-refractivity contribution in [3.8, 4) is 0 Å². The van der Waals surface area contributed by atoms with Crippen molar-refractivity contribution in [2.24, 2.45) is 0 Å². The van der Waals surface area contributed by atoms with Crippen LogP contribution in [0.1, 0.15) is 5.76 Å². The van der Waals surface area contributed by atoms with Gasteiger partial charge in [0.1, 0.15) is 5.33 Å². The molecule has 8 heavy (non-hydrogen) atoms. The van der Waals surface area contributed by atoms with E-state index < -0.39 is 0 Å². The van der Waals surface area contributed by atoms with Gasteiger partial charge in [-0.3, -0.25) is 0 Å². The van der Waals surface area contributed by atoms with Crippen molar-refractivity contribution in [1.82, 2.24) is 0 Å². The molecule has 0 unspecified atom stereocenters. The lowest BCUT2D eigenvalue weighted by Gasteiger charge is -1.74. The molecule has 0 saturated carbocycles. The average molecular weight is 174 g/mol. The molecule has 0 bridgehead atoms. The molecular formula is C6H6BrO+. The molecule has 1 aromatic heterocycles. The maximum atomic E-state index is 5.03. The summed E-state index contributed by atoms with van der Waals surface area (Å²) in [4.78, 5) is 0. The van der Waals surface area contributed by atoms with Gasteiger partial charge in [0.2, 0.25) is 0 Å². The highest BCUT2D eigenvalue weighted by molar-refractivity contribution is 9.08. The Hall–Kier alpha value is -0.370. The van der Waals surface area contributed by atoms with Gasteiger partial charge in [0.05, 0.1) is 0 Å². The molecule has 0 aliphatic rings. The van der Waals surface area contributed by atoms with E-state index in [0.29, 0.717) is 0 Å². The summed E-state index contributed by atoms with van der Waals surface area (Å²) in [5.41, 5.74) is 0. The summed E-state index contributed by atoms with van der Waals surface area (Å²) >= 11 is 3.26. The van der Waals surface area contributed by atoms with Crippen LogP contribution in [0.2, 0.25) is 0 Å². The maximum Gasteiger partial charge on any atom is 0.339 e. The first kappa shape index (κ1) is 5.76. The maximum absolute atomic E-state index is 5.03. The van der Waals surface area contributed by atoms with E-state index >= 15 is 0 Å². The standard InChI is InChI=1S/C6H6BrO/c7-5-6-3-1-2-4-8-6/h1-4H,5H2/q+1. The third-order valence-electron chi connectivity index (χ3n) is 0.823. The molecule has 0 radical (unpaired) electrons. The Balaban J connectivity index is 2.83. The number of hydrogen-bond donors (Lipinski definition) is 0. The number of alkyl halides is 1. The van der Waals surface area contributed by atoms with Crippen LogP contribution >= 0.6 is 15.9 Å². The molecule has 0 aromatic carbocycles. The van der Waals surface area contributed by atoms with Gasteiger partial charge in [-0.15, -0.1) is 0 Å². The summed E-state index contributed by atoms with van der Waals surface area (Å²) in [5.74, 6) is 0.951. The second-order valence-electron chi connectivity index (χ2n) is 1.41. The smallest absolute Gasteiger partial charge is 0.220 e. The predicted octanol–water partition coefficient (Wildman–Crippen LogP) is 2.46. The molecule has 0 spiro atoms. The Morgan fingerprint density at radius 1 is 1.50 bits per heavy atom. The largest absolute Gasteiger partial charge is 0.339 e. The third-order valence-corrected chi connectivity index (χ3v) is 1.38. The first-order valence-electron chi connectivity index (χ1n) is 2.35. The van der Waals surface area contributed by atoms with Gasteiger partial charge in [-0.25, -0.2) is 4.42 Å². The van der Waals surface area contributed by atoms with Gasteiger partial charge in [-0.1, -0.05) is 15.9 Å². The molecule has 0 fully saturated rings. The molecule has 0 aliphatic heterocycles. The highest BCUT2D eigenvalue weighted by atomic mass is 79.9. The molecule has 1 heterocycles. The Morgan fingerprint density at radius 3 is 2.75 bits per heavy atom. The molecule has 0 atom stereocenters. The van der Waals surface area contributed by atoms with Crippen molar-refractivity contribution >= 4 is 15.9 Å². The van der Waals surface area contributed by atoms with Crippen LogP contribution in [-0.2, 0) is 5.33 Å². The molecule has 0 amide bonds. The van der Waals surface area contributed by atoms with E-state index in [1.807, 2.05) is 18.2 Å². The highest BCUT2D eigenvalue weighted by Gasteiger charge is 1.98. The number of rotatable bonds is 1. The topological polar surface area (TPSA) is 11.3 Å². The Bertz CT molecular complexity index is 150.